The molecular formula is C46H28N2S2. The molecule has 0 aliphatic carbocycles. The molecule has 0 bridgehead atoms. The Morgan fingerprint density at radius 1 is 0.280 bits per heavy atom. The highest BCUT2D eigenvalue weighted by Gasteiger charge is 2.20. The Kier molecular flexibility index (Phi) is 7.04. The van der Waals surface area contributed by atoms with E-state index in [1.165, 1.54) is 86.6 Å². The van der Waals surface area contributed by atoms with Crippen molar-refractivity contribution in [2.24, 2.45) is 0 Å². The Balaban J connectivity index is 0.989. The van der Waals surface area contributed by atoms with Crippen molar-refractivity contribution >= 4 is 55.8 Å². The van der Waals surface area contributed by atoms with Gasteiger partial charge in [0.1, 0.15) is 10.1 Å². The first-order chi connectivity index (χ1) is 24.7. The molecule has 234 valence electrons. The molecule has 2 nitrogen and oxygen atoms in total. The lowest BCUT2D eigenvalue weighted by atomic mass is 9.91. The first kappa shape index (κ1) is 29.3. The fraction of sp³-hybridized carbons (Fsp3) is 0. The SMILES string of the molecule is c1cc(-c2cccc(-c3ccc4c(c3)Sc3nccnc3S4)c2)cc(-c2cccc(-c3ccc4c5ccccc5c5ccccc5c4c3)c2)c1. The second-order valence-electron chi connectivity index (χ2n) is 12.6. The van der Waals surface area contributed by atoms with E-state index in [0.29, 0.717) is 0 Å². The van der Waals surface area contributed by atoms with E-state index in [-0.39, 0.29) is 0 Å². The average Bonchev–Trinajstić information content (AvgIpc) is 3.20. The second kappa shape index (κ2) is 12.0. The van der Waals surface area contributed by atoms with Gasteiger partial charge in [0, 0.05) is 22.2 Å². The third-order valence-electron chi connectivity index (χ3n) is 9.66. The molecule has 4 heteroatoms. The van der Waals surface area contributed by atoms with Crippen LogP contribution in [0.15, 0.2) is 190 Å². The summed E-state index contributed by atoms with van der Waals surface area (Å²) in [6, 6.07) is 57.9. The normalized spacial score (nSPS) is 12.2. The van der Waals surface area contributed by atoms with Gasteiger partial charge >= 0.3 is 0 Å². The Bertz CT molecular complexity index is 2750. The minimum atomic E-state index is 0.972. The minimum Gasteiger partial charge on any atom is -0.245 e. The first-order valence-corrected chi connectivity index (χ1v) is 18.3. The third kappa shape index (κ3) is 5.08. The van der Waals surface area contributed by atoms with Crippen molar-refractivity contribution in [2.75, 3.05) is 0 Å². The zero-order chi connectivity index (χ0) is 33.0. The quantitative estimate of drug-likeness (QED) is 0.174. The zero-order valence-corrected chi connectivity index (χ0v) is 28.5. The van der Waals surface area contributed by atoms with Gasteiger partial charge in [0.15, 0.2) is 0 Å². The molecular weight excluding hydrogens is 645 g/mol. The van der Waals surface area contributed by atoms with Gasteiger partial charge < -0.3 is 0 Å². The smallest absolute Gasteiger partial charge is 0.133 e. The maximum absolute atomic E-state index is 4.54. The van der Waals surface area contributed by atoms with E-state index in [0.717, 1.165) is 10.1 Å². The highest BCUT2D eigenvalue weighted by Crippen LogP contribution is 2.47. The lowest BCUT2D eigenvalue weighted by Gasteiger charge is -2.17. The van der Waals surface area contributed by atoms with Crippen molar-refractivity contribution in [2.45, 2.75) is 19.8 Å². The molecule has 0 N–H and O–H groups in total. The molecule has 0 saturated heterocycles. The van der Waals surface area contributed by atoms with Gasteiger partial charge in [-0.15, -0.1) is 0 Å². The molecule has 0 fully saturated rings. The Hall–Kier alpha value is -5.68. The number of rotatable bonds is 4. The van der Waals surface area contributed by atoms with E-state index >= 15 is 0 Å². The molecule has 1 aliphatic rings. The molecule has 0 radical (unpaired) electrons. The summed E-state index contributed by atoms with van der Waals surface area (Å²) in [4.78, 5) is 11.5. The number of hydrogen-bond donors (Lipinski definition) is 0. The van der Waals surface area contributed by atoms with Crippen LogP contribution in [0.4, 0.5) is 0 Å². The van der Waals surface area contributed by atoms with Crippen molar-refractivity contribution < 1.29 is 0 Å². The van der Waals surface area contributed by atoms with Crippen LogP contribution >= 0.6 is 23.5 Å². The van der Waals surface area contributed by atoms with Crippen molar-refractivity contribution in [3.8, 4) is 44.5 Å². The van der Waals surface area contributed by atoms with E-state index < -0.39 is 0 Å². The number of hydrogen-bond acceptors (Lipinski definition) is 4. The molecule has 0 atom stereocenters. The van der Waals surface area contributed by atoms with Gasteiger partial charge in [-0.25, -0.2) is 9.97 Å². The van der Waals surface area contributed by atoms with Gasteiger partial charge in [-0.05, 0) is 113 Å². The van der Waals surface area contributed by atoms with Gasteiger partial charge in [0.25, 0.3) is 0 Å². The fourth-order valence-electron chi connectivity index (χ4n) is 7.23. The standard InChI is InChI=1S/C46H28N2S2/c1-2-16-39-37(14-1)38-15-3-4-17-40(38)42-27-35(18-20-41(39)42)33-12-6-10-31(25-33)29-8-5-9-30(24-29)32-11-7-13-34(26-32)36-19-21-43-44(28-36)50-46-45(49-43)47-22-23-48-46/h1-28H. The molecule has 10 rings (SSSR count). The summed E-state index contributed by atoms with van der Waals surface area (Å²) in [6.07, 6.45) is 3.53. The maximum atomic E-state index is 4.54. The fourth-order valence-corrected chi connectivity index (χ4v) is 9.31. The summed E-state index contributed by atoms with van der Waals surface area (Å²) >= 11 is 3.39. The maximum Gasteiger partial charge on any atom is 0.133 e. The van der Waals surface area contributed by atoms with Crippen LogP contribution in [0.25, 0.3) is 76.8 Å². The van der Waals surface area contributed by atoms with Crippen LogP contribution in [0.1, 0.15) is 0 Å². The van der Waals surface area contributed by atoms with Crippen LogP contribution in [-0.2, 0) is 0 Å². The van der Waals surface area contributed by atoms with E-state index in [4.69, 9.17) is 0 Å². The highest BCUT2D eigenvalue weighted by molar-refractivity contribution is 8.05. The Morgan fingerprint density at radius 3 is 1.16 bits per heavy atom. The van der Waals surface area contributed by atoms with Gasteiger partial charge in [-0.2, -0.15) is 0 Å². The topological polar surface area (TPSA) is 25.8 Å². The molecule has 0 spiro atoms. The second-order valence-corrected chi connectivity index (χ2v) is 14.7. The van der Waals surface area contributed by atoms with Gasteiger partial charge in [0.05, 0.1) is 0 Å². The average molecular weight is 673 g/mol. The highest BCUT2D eigenvalue weighted by atomic mass is 32.2. The predicted octanol–water partition coefficient (Wildman–Crippen LogP) is 13.2. The lowest BCUT2D eigenvalue weighted by Crippen LogP contribution is -1.94. The lowest BCUT2D eigenvalue weighted by molar-refractivity contribution is 0.908. The van der Waals surface area contributed by atoms with Crippen molar-refractivity contribution in [1.29, 1.82) is 0 Å². The minimum absolute atomic E-state index is 0.972. The van der Waals surface area contributed by atoms with E-state index in [9.17, 15) is 0 Å². The molecule has 0 saturated carbocycles. The molecule has 8 aromatic carbocycles. The zero-order valence-electron chi connectivity index (χ0n) is 26.9. The summed E-state index contributed by atoms with van der Waals surface area (Å²) in [6.45, 7) is 0. The largest absolute Gasteiger partial charge is 0.245 e. The summed E-state index contributed by atoms with van der Waals surface area (Å²) in [5.41, 5.74) is 9.64. The predicted molar refractivity (Wildman–Crippen MR) is 211 cm³/mol. The Morgan fingerprint density at radius 2 is 0.660 bits per heavy atom. The molecule has 2 heterocycles. The Labute approximate surface area is 298 Å². The summed E-state index contributed by atoms with van der Waals surface area (Å²) in [7, 11) is 0. The molecule has 9 aromatic rings. The molecule has 1 aromatic heterocycles. The van der Waals surface area contributed by atoms with Gasteiger partial charge in [-0.3, -0.25) is 0 Å². The van der Waals surface area contributed by atoms with Crippen LogP contribution in [0.3, 0.4) is 0 Å². The van der Waals surface area contributed by atoms with Crippen molar-refractivity contribution in [1.82, 2.24) is 9.97 Å². The van der Waals surface area contributed by atoms with E-state index in [1.807, 2.05) is 0 Å². The number of aromatic nitrogens is 2. The molecule has 0 amide bonds. The molecule has 50 heavy (non-hydrogen) atoms. The van der Waals surface area contributed by atoms with Crippen LogP contribution in [0.5, 0.6) is 0 Å². The first-order valence-electron chi connectivity index (χ1n) is 16.7. The van der Waals surface area contributed by atoms with Crippen LogP contribution in [0, 0.1) is 0 Å². The number of fused-ring (bicyclic) bond motifs is 8. The van der Waals surface area contributed by atoms with Crippen molar-refractivity contribution in [3.05, 3.63) is 170 Å². The van der Waals surface area contributed by atoms with Crippen LogP contribution in [-0.4, -0.2) is 9.97 Å². The summed E-state index contributed by atoms with van der Waals surface area (Å²) in [5, 5.41) is 9.73. The number of benzene rings is 8. The third-order valence-corrected chi connectivity index (χ3v) is 12.0. The van der Waals surface area contributed by atoms with Crippen LogP contribution in [0.2, 0.25) is 0 Å². The van der Waals surface area contributed by atoms with Gasteiger partial charge in [-0.1, -0.05) is 145 Å². The van der Waals surface area contributed by atoms with Gasteiger partial charge in [0.2, 0.25) is 0 Å². The summed E-state index contributed by atoms with van der Waals surface area (Å²) in [5.74, 6) is 0. The van der Waals surface area contributed by atoms with E-state index in [2.05, 4.69) is 168 Å². The van der Waals surface area contributed by atoms with Crippen LogP contribution < -0.4 is 0 Å². The van der Waals surface area contributed by atoms with Crippen molar-refractivity contribution in [3.63, 3.8) is 0 Å². The molecule has 0 unspecified atom stereocenters. The monoisotopic (exact) mass is 672 g/mol. The summed E-state index contributed by atoms with van der Waals surface area (Å²) < 4.78 is 0. The number of nitrogens with zero attached hydrogens (tertiary/aromatic N) is 2. The molecule has 1 aliphatic heterocycles. The van der Waals surface area contributed by atoms with E-state index in [1.54, 1.807) is 35.9 Å².